The number of aromatic nitrogens is 1. The lowest BCUT2D eigenvalue weighted by Crippen LogP contribution is -2.40. The van der Waals surface area contributed by atoms with Crippen LogP contribution in [-0.4, -0.2) is 19.0 Å². The van der Waals surface area contributed by atoms with Gasteiger partial charge in [0.1, 0.15) is 4.61 Å². The Balaban J connectivity index is 2.25. The van der Waals surface area contributed by atoms with Crippen LogP contribution in [0.25, 0.3) is 0 Å². The van der Waals surface area contributed by atoms with Crippen LogP contribution in [0.4, 0.5) is 0 Å². The first-order valence-corrected chi connectivity index (χ1v) is 10.2. The Morgan fingerprint density at radius 3 is 2.70 bits per heavy atom. The van der Waals surface area contributed by atoms with Crippen molar-refractivity contribution in [2.75, 3.05) is 0 Å². The second-order valence-electron chi connectivity index (χ2n) is 6.75. The third kappa shape index (κ3) is 4.38. The second kappa shape index (κ2) is 9.14. The standard InChI is InChI=1S/C23H24BBrN2/c1-2-10-22(25)26-17-23(18-11-5-3-6-12-18,19-13-7-4-8-14-19)20-15-9-16-21(24)27-20/h3-13,15-17,19H,2,14,24H2,1H3/b22-10-,26-17+. The number of benzene rings is 1. The molecule has 3 rings (SSSR count). The molecule has 0 aliphatic heterocycles. The summed E-state index contributed by atoms with van der Waals surface area (Å²) in [4.78, 5) is 9.74. The molecule has 0 saturated heterocycles. The molecule has 1 aromatic carbocycles. The van der Waals surface area contributed by atoms with Crippen LogP contribution in [0.1, 0.15) is 31.0 Å². The zero-order valence-corrected chi connectivity index (χ0v) is 17.4. The Hall–Kier alpha value is -2.20. The SMILES string of the molecule is Bc1cccc(C(/C=N/C(Br)=C\CC)(c2ccccc2)C2C=CC=CC2)n1. The van der Waals surface area contributed by atoms with Crippen molar-refractivity contribution < 1.29 is 0 Å². The minimum Gasteiger partial charge on any atom is -0.267 e. The van der Waals surface area contributed by atoms with Crippen LogP contribution < -0.4 is 5.59 Å². The van der Waals surface area contributed by atoms with Gasteiger partial charge in [0.25, 0.3) is 0 Å². The van der Waals surface area contributed by atoms with Crippen LogP contribution in [-0.2, 0) is 5.41 Å². The van der Waals surface area contributed by atoms with Gasteiger partial charge in [-0.3, -0.25) is 9.98 Å². The average Bonchev–Trinajstić information content (AvgIpc) is 2.70. The van der Waals surface area contributed by atoms with Crippen molar-refractivity contribution >= 4 is 35.6 Å². The van der Waals surface area contributed by atoms with Gasteiger partial charge in [-0.1, -0.05) is 79.8 Å². The highest BCUT2D eigenvalue weighted by molar-refractivity contribution is 9.11. The number of hydrogen-bond donors (Lipinski definition) is 0. The second-order valence-corrected chi connectivity index (χ2v) is 7.56. The maximum Gasteiger partial charge on any atom is 0.163 e. The predicted octanol–water partition coefficient (Wildman–Crippen LogP) is 4.48. The van der Waals surface area contributed by atoms with Gasteiger partial charge < -0.3 is 0 Å². The van der Waals surface area contributed by atoms with E-state index in [1.165, 1.54) is 5.56 Å². The first-order chi connectivity index (χ1) is 13.2. The molecule has 1 aliphatic carbocycles. The summed E-state index contributed by atoms with van der Waals surface area (Å²) in [5, 5.41) is 0. The summed E-state index contributed by atoms with van der Waals surface area (Å²) in [6.07, 6.45) is 14.8. The maximum absolute atomic E-state index is 4.94. The number of hydrogen-bond acceptors (Lipinski definition) is 2. The van der Waals surface area contributed by atoms with Gasteiger partial charge in [-0.15, -0.1) is 0 Å². The number of pyridine rings is 1. The van der Waals surface area contributed by atoms with E-state index in [0.717, 1.165) is 28.7 Å². The smallest absolute Gasteiger partial charge is 0.163 e. The summed E-state index contributed by atoms with van der Waals surface area (Å²) < 4.78 is 0.855. The Morgan fingerprint density at radius 1 is 1.22 bits per heavy atom. The van der Waals surface area contributed by atoms with Crippen molar-refractivity contribution in [3.05, 3.63) is 94.8 Å². The van der Waals surface area contributed by atoms with E-state index in [1.807, 2.05) is 13.9 Å². The minimum atomic E-state index is -0.435. The topological polar surface area (TPSA) is 25.2 Å². The molecule has 0 spiro atoms. The van der Waals surface area contributed by atoms with E-state index in [0.29, 0.717) is 0 Å². The molecule has 4 heteroatoms. The van der Waals surface area contributed by atoms with Crippen molar-refractivity contribution in [1.29, 1.82) is 0 Å². The fourth-order valence-electron chi connectivity index (χ4n) is 3.58. The third-order valence-corrected chi connectivity index (χ3v) is 5.42. The molecule has 0 saturated carbocycles. The van der Waals surface area contributed by atoms with E-state index in [4.69, 9.17) is 9.98 Å². The van der Waals surface area contributed by atoms with Gasteiger partial charge in [0.2, 0.25) is 0 Å². The molecule has 27 heavy (non-hydrogen) atoms. The van der Waals surface area contributed by atoms with E-state index < -0.39 is 5.41 Å². The highest BCUT2D eigenvalue weighted by atomic mass is 79.9. The lowest BCUT2D eigenvalue weighted by atomic mass is 9.66. The molecule has 2 aromatic rings. The molecule has 2 atom stereocenters. The van der Waals surface area contributed by atoms with E-state index in [1.54, 1.807) is 0 Å². The van der Waals surface area contributed by atoms with E-state index in [-0.39, 0.29) is 5.92 Å². The van der Waals surface area contributed by atoms with Gasteiger partial charge in [0.15, 0.2) is 7.85 Å². The van der Waals surface area contributed by atoms with Gasteiger partial charge in [-0.2, -0.15) is 0 Å². The molecule has 1 heterocycles. The monoisotopic (exact) mass is 418 g/mol. The van der Waals surface area contributed by atoms with Gasteiger partial charge in [0.05, 0.1) is 11.1 Å². The summed E-state index contributed by atoms with van der Waals surface area (Å²) in [5.41, 5.74) is 2.81. The van der Waals surface area contributed by atoms with E-state index >= 15 is 0 Å². The molecule has 0 fully saturated rings. The predicted molar refractivity (Wildman–Crippen MR) is 122 cm³/mol. The maximum atomic E-state index is 4.94. The fourth-order valence-corrected chi connectivity index (χ4v) is 4.00. The van der Waals surface area contributed by atoms with Crippen LogP contribution in [0.5, 0.6) is 0 Å². The van der Waals surface area contributed by atoms with Crippen LogP contribution >= 0.6 is 15.9 Å². The zero-order chi connectivity index (χ0) is 19.1. The van der Waals surface area contributed by atoms with E-state index in [9.17, 15) is 0 Å². The van der Waals surface area contributed by atoms with Crippen LogP contribution in [0, 0.1) is 5.92 Å². The number of allylic oxidation sites excluding steroid dienone is 5. The molecule has 2 nitrogen and oxygen atoms in total. The number of halogens is 1. The van der Waals surface area contributed by atoms with Gasteiger partial charge in [-0.25, -0.2) is 0 Å². The van der Waals surface area contributed by atoms with Crippen LogP contribution in [0.2, 0.25) is 0 Å². The third-order valence-electron chi connectivity index (χ3n) is 4.89. The molecule has 0 bridgehead atoms. The first kappa shape index (κ1) is 19.6. The quantitative estimate of drug-likeness (QED) is 0.385. The summed E-state index contributed by atoms with van der Waals surface area (Å²) >= 11 is 3.59. The summed E-state index contributed by atoms with van der Waals surface area (Å²) in [6.45, 7) is 2.11. The Morgan fingerprint density at radius 2 is 2.04 bits per heavy atom. The zero-order valence-electron chi connectivity index (χ0n) is 15.8. The molecule has 0 N–H and O–H groups in total. The highest BCUT2D eigenvalue weighted by Gasteiger charge is 2.41. The van der Waals surface area contributed by atoms with Gasteiger partial charge >= 0.3 is 0 Å². The van der Waals surface area contributed by atoms with Crippen LogP contribution in [0.3, 0.4) is 0 Å². The van der Waals surface area contributed by atoms with Crippen molar-refractivity contribution in [1.82, 2.24) is 4.98 Å². The molecule has 0 amide bonds. The number of nitrogens with zero attached hydrogens (tertiary/aromatic N) is 2. The largest absolute Gasteiger partial charge is 0.267 e. The Labute approximate surface area is 171 Å². The Kier molecular flexibility index (Phi) is 6.62. The summed E-state index contributed by atoms with van der Waals surface area (Å²) in [7, 11) is 2.04. The van der Waals surface area contributed by atoms with E-state index in [2.05, 4.69) is 102 Å². The molecule has 1 aliphatic rings. The van der Waals surface area contributed by atoms with Crippen molar-refractivity contribution in [2.24, 2.45) is 10.9 Å². The van der Waals surface area contributed by atoms with Gasteiger partial charge in [0, 0.05) is 12.1 Å². The van der Waals surface area contributed by atoms with Crippen molar-refractivity contribution in [3.63, 3.8) is 0 Å². The van der Waals surface area contributed by atoms with Gasteiger partial charge in [-0.05, 0) is 46.0 Å². The molecule has 0 radical (unpaired) electrons. The summed E-state index contributed by atoms with van der Waals surface area (Å²) in [6, 6.07) is 16.8. The van der Waals surface area contributed by atoms with Crippen LogP contribution in [0.15, 0.2) is 88.5 Å². The molecular weight excluding hydrogens is 395 g/mol. The summed E-state index contributed by atoms with van der Waals surface area (Å²) in [5.74, 6) is 0.241. The van der Waals surface area contributed by atoms with Crippen molar-refractivity contribution in [3.8, 4) is 0 Å². The molecular formula is C23H24BBrN2. The molecule has 2 unspecified atom stereocenters. The van der Waals surface area contributed by atoms with Crippen molar-refractivity contribution in [2.45, 2.75) is 25.2 Å². The Bertz CT molecular complexity index is 886. The fraction of sp³-hybridized carbons (Fsp3) is 0.217. The number of aliphatic imine (C=N–C) groups is 1. The molecule has 136 valence electrons. The lowest BCUT2D eigenvalue weighted by Gasteiger charge is -2.37. The normalized spacial score (nSPS) is 19.3. The first-order valence-electron chi connectivity index (χ1n) is 9.40. The lowest BCUT2D eigenvalue weighted by molar-refractivity contribution is 0.489. The molecule has 1 aromatic heterocycles. The highest BCUT2D eigenvalue weighted by Crippen LogP contribution is 2.41. The average molecular weight is 419 g/mol. The minimum absolute atomic E-state index is 0.241. The number of rotatable bonds is 6.